The van der Waals surface area contributed by atoms with Crippen LogP contribution in [-0.2, 0) is 16.6 Å². The van der Waals surface area contributed by atoms with Gasteiger partial charge in [-0.25, -0.2) is 13.4 Å². The summed E-state index contributed by atoms with van der Waals surface area (Å²) >= 11 is 1.31. The molecule has 0 saturated heterocycles. The molecule has 3 aromatic carbocycles. The Bertz CT molecular complexity index is 1290. The second-order valence-corrected chi connectivity index (χ2v) is 9.00. The van der Waals surface area contributed by atoms with Crippen molar-refractivity contribution >= 4 is 33.9 Å². The minimum atomic E-state index is -3.79. The van der Waals surface area contributed by atoms with Crippen LogP contribution in [-0.4, -0.2) is 20.1 Å². The fourth-order valence-corrected chi connectivity index (χ4v) is 4.66. The van der Waals surface area contributed by atoms with E-state index in [4.69, 9.17) is 4.74 Å². The molecule has 0 aliphatic heterocycles. The topological polar surface area (TPSA) is 80.7 Å². The lowest BCUT2D eigenvalue weighted by Crippen LogP contribution is -2.13. The molecule has 156 valence electrons. The molecule has 0 aliphatic carbocycles. The molecule has 0 spiro atoms. The van der Waals surface area contributed by atoms with Crippen LogP contribution in [0.15, 0.2) is 93.6 Å². The highest BCUT2D eigenvalue weighted by atomic mass is 32.2. The number of nitrogens with one attached hydrogen (secondary N) is 1. The molecule has 31 heavy (non-hydrogen) atoms. The highest BCUT2D eigenvalue weighted by molar-refractivity contribution is 7.92. The molecule has 0 amide bonds. The summed E-state index contributed by atoms with van der Waals surface area (Å²) in [4.78, 5) is 8.00. The van der Waals surface area contributed by atoms with Gasteiger partial charge in [0.15, 0.2) is 5.82 Å². The van der Waals surface area contributed by atoms with Crippen molar-refractivity contribution in [1.29, 1.82) is 0 Å². The summed E-state index contributed by atoms with van der Waals surface area (Å²) in [5.41, 5.74) is 4.13. The van der Waals surface area contributed by atoms with E-state index in [9.17, 15) is 8.42 Å². The van der Waals surface area contributed by atoms with Crippen molar-refractivity contribution in [2.24, 2.45) is 4.99 Å². The zero-order valence-corrected chi connectivity index (χ0v) is 18.1. The molecule has 0 bridgehead atoms. The number of thiazole rings is 1. The van der Waals surface area contributed by atoms with Crippen LogP contribution in [0.4, 0.5) is 5.82 Å². The summed E-state index contributed by atoms with van der Waals surface area (Å²) < 4.78 is 34.1. The average Bonchev–Trinajstić information content (AvgIpc) is 3.28. The predicted molar refractivity (Wildman–Crippen MR) is 125 cm³/mol. The van der Waals surface area contributed by atoms with Crippen LogP contribution in [0.3, 0.4) is 0 Å². The second-order valence-electron chi connectivity index (χ2n) is 6.59. The lowest BCUT2D eigenvalue weighted by atomic mass is 10.0. The first-order chi connectivity index (χ1) is 15.1. The number of para-hydroxylation sites is 1. The maximum absolute atomic E-state index is 12.7. The van der Waals surface area contributed by atoms with Gasteiger partial charge in [0.2, 0.25) is 0 Å². The summed E-state index contributed by atoms with van der Waals surface area (Å²) in [6.07, 6.45) is 0. The van der Waals surface area contributed by atoms with Crippen molar-refractivity contribution < 1.29 is 13.2 Å². The third-order valence-electron chi connectivity index (χ3n) is 4.49. The zero-order chi connectivity index (χ0) is 21.7. The summed E-state index contributed by atoms with van der Waals surface area (Å²) in [7, 11) is -3.79. The van der Waals surface area contributed by atoms with E-state index in [2.05, 4.69) is 21.4 Å². The van der Waals surface area contributed by atoms with Gasteiger partial charge in [0.05, 0.1) is 17.0 Å². The Morgan fingerprint density at radius 2 is 1.77 bits per heavy atom. The first-order valence-corrected chi connectivity index (χ1v) is 11.8. The van der Waals surface area contributed by atoms with Crippen molar-refractivity contribution in [2.45, 2.75) is 11.4 Å². The molecule has 0 atom stereocenters. The molecule has 0 radical (unpaired) electrons. The molecule has 8 heteroatoms. The summed E-state index contributed by atoms with van der Waals surface area (Å²) in [6.45, 7) is 3.75. The summed E-state index contributed by atoms with van der Waals surface area (Å²) in [5, 5.41) is 1.63. The van der Waals surface area contributed by atoms with Gasteiger partial charge in [-0.05, 0) is 36.5 Å². The minimum Gasteiger partial charge on any atom is -0.456 e. The summed E-state index contributed by atoms with van der Waals surface area (Å²) in [6, 6.07) is 22.3. The normalized spacial score (nSPS) is 11.1. The second kappa shape index (κ2) is 9.11. The first-order valence-electron chi connectivity index (χ1n) is 9.35. The fourth-order valence-electron chi connectivity index (χ4n) is 3.06. The molecule has 4 aromatic rings. The fraction of sp³-hybridized carbons (Fsp3) is 0.0435. The van der Waals surface area contributed by atoms with E-state index >= 15 is 0 Å². The Balaban J connectivity index is 1.68. The van der Waals surface area contributed by atoms with E-state index in [-0.39, 0.29) is 17.3 Å². The molecule has 6 nitrogen and oxygen atoms in total. The van der Waals surface area contributed by atoms with Crippen LogP contribution in [0.2, 0.25) is 0 Å². The maximum Gasteiger partial charge on any atom is 0.263 e. The van der Waals surface area contributed by atoms with Crippen LogP contribution in [0, 0.1) is 0 Å². The standard InChI is InChI=1S/C23H19N3O3S2/c1-24-14-18-13-19(31(27,28)26-23-15-30-16-25-23)11-12-21(18)29-22-10-6-5-9-20(22)17-7-3-2-4-8-17/h2-13,15-16,26H,1,14H2. The number of hydrogen-bond donors (Lipinski definition) is 1. The number of rotatable bonds is 8. The maximum atomic E-state index is 12.7. The Morgan fingerprint density at radius 1 is 1.00 bits per heavy atom. The smallest absolute Gasteiger partial charge is 0.263 e. The Kier molecular flexibility index (Phi) is 6.11. The van der Waals surface area contributed by atoms with Crippen LogP contribution in [0.1, 0.15) is 5.56 Å². The van der Waals surface area contributed by atoms with Crippen LogP contribution in [0.5, 0.6) is 11.5 Å². The molecule has 1 N–H and O–H groups in total. The molecule has 0 unspecified atom stereocenters. The van der Waals surface area contributed by atoms with E-state index in [1.165, 1.54) is 17.4 Å². The molecule has 1 heterocycles. The number of ether oxygens (including phenoxy) is 1. The summed E-state index contributed by atoms with van der Waals surface area (Å²) in [5.74, 6) is 1.46. The Labute approximate surface area is 185 Å². The third kappa shape index (κ3) is 4.82. The number of benzene rings is 3. The number of nitrogens with zero attached hydrogens (tertiary/aromatic N) is 2. The van der Waals surface area contributed by atoms with Gasteiger partial charge < -0.3 is 4.74 Å². The number of anilines is 1. The van der Waals surface area contributed by atoms with Gasteiger partial charge in [-0.2, -0.15) is 0 Å². The van der Waals surface area contributed by atoms with Gasteiger partial charge in [-0.1, -0.05) is 48.5 Å². The molecule has 0 saturated carbocycles. The van der Waals surface area contributed by atoms with E-state index in [0.717, 1.165) is 11.1 Å². The zero-order valence-electron chi connectivity index (χ0n) is 16.4. The van der Waals surface area contributed by atoms with Gasteiger partial charge in [0.1, 0.15) is 11.5 Å². The monoisotopic (exact) mass is 449 g/mol. The van der Waals surface area contributed by atoms with Crippen LogP contribution >= 0.6 is 11.3 Å². The molecule has 0 aliphatic rings. The SMILES string of the molecule is C=NCc1cc(S(=O)(=O)Nc2cscn2)ccc1Oc1ccccc1-c1ccccc1. The van der Waals surface area contributed by atoms with Gasteiger partial charge >= 0.3 is 0 Å². The van der Waals surface area contributed by atoms with Crippen molar-refractivity contribution in [3.05, 3.63) is 89.3 Å². The van der Waals surface area contributed by atoms with Gasteiger partial charge in [-0.15, -0.1) is 11.3 Å². The average molecular weight is 450 g/mol. The predicted octanol–water partition coefficient (Wildman–Crippen LogP) is 5.60. The highest BCUT2D eigenvalue weighted by Crippen LogP contribution is 2.35. The first kappa shape index (κ1) is 20.8. The molecule has 0 fully saturated rings. The van der Waals surface area contributed by atoms with E-state index in [0.29, 0.717) is 17.1 Å². The van der Waals surface area contributed by atoms with Crippen LogP contribution < -0.4 is 9.46 Å². The molecular formula is C23H19N3O3S2. The van der Waals surface area contributed by atoms with Gasteiger partial charge in [0.25, 0.3) is 10.0 Å². The number of aromatic nitrogens is 1. The minimum absolute atomic E-state index is 0.0999. The Morgan fingerprint density at radius 3 is 2.52 bits per heavy atom. The van der Waals surface area contributed by atoms with Gasteiger partial charge in [0, 0.05) is 16.5 Å². The highest BCUT2D eigenvalue weighted by Gasteiger charge is 2.18. The number of aliphatic imine (C=N–C) groups is 1. The van der Waals surface area contributed by atoms with Gasteiger partial charge in [-0.3, -0.25) is 9.71 Å². The third-order valence-corrected chi connectivity index (χ3v) is 6.43. The van der Waals surface area contributed by atoms with Crippen molar-refractivity contribution in [2.75, 3.05) is 4.72 Å². The van der Waals surface area contributed by atoms with Crippen molar-refractivity contribution in [1.82, 2.24) is 4.98 Å². The van der Waals surface area contributed by atoms with Crippen molar-refractivity contribution in [3.63, 3.8) is 0 Å². The van der Waals surface area contributed by atoms with E-state index in [1.807, 2.05) is 54.6 Å². The lowest BCUT2D eigenvalue weighted by molar-refractivity contribution is 0.477. The molecule has 4 rings (SSSR count). The molecule has 1 aromatic heterocycles. The number of hydrogen-bond acceptors (Lipinski definition) is 6. The Hall–Kier alpha value is -3.49. The largest absolute Gasteiger partial charge is 0.456 e. The molecular weight excluding hydrogens is 430 g/mol. The number of sulfonamides is 1. The lowest BCUT2D eigenvalue weighted by Gasteiger charge is -2.15. The van der Waals surface area contributed by atoms with Crippen molar-refractivity contribution in [3.8, 4) is 22.6 Å². The van der Waals surface area contributed by atoms with E-state index < -0.39 is 10.0 Å². The van der Waals surface area contributed by atoms with E-state index in [1.54, 1.807) is 23.0 Å². The van der Waals surface area contributed by atoms with Crippen LogP contribution in [0.25, 0.3) is 11.1 Å². The quantitative estimate of drug-likeness (QED) is 0.355.